The molecule has 0 bridgehead atoms. The van der Waals surface area contributed by atoms with Crippen LogP contribution in [0.25, 0.3) is 0 Å². The Hall–Kier alpha value is -0.990. The summed E-state index contributed by atoms with van der Waals surface area (Å²) >= 11 is 0. The van der Waals surface area contributed by atoms with Crippen molar-refractivity contribution >= 4 is 6.16 Å². The van der Waals surface area contributed by atoms with E-state index in [4.69, 9.17) is 9.47 Å². The van der Waals surface area contributed by atoms with Crippen LogP contribution in [0.1, 0.15) is 12.8 Å². The van der Waals surface area contributed by atoms with Crippen LogP contribution in [0.4, 0.5) is 4.79 Å². The van der Waals surface area contributed by atoms with E-state index >= 15 is 0 Å². The van der Waals surface area contributed by atoms with Crippen molar-refractivity contribution in [3.05, 3.63) is 12.7 Å². The second kappa shape index (κ2) is 1.54. The van der Waals surface area contributed by atoms with E-state index in [1.165, 1.54) is 0 Å². The second-order valence-electron chi connectivity index (χ2n) is 2.66. The van der Waals surface area contributed by atoms with Gasteiger partial charge in [-0.25, -0.2) is 4.79 Å². The fraction of sp³-hybridized carbons (Fsp3) is 0.571. The lowest BCUT2D eigenvalue weighted by atomic mass is 9.77. The predicted molar refractivity (Wildman–Crippen MR) is 33.5 cm³/mol. The molecule has 2 fully saturated rings. The number of hydrogen-bond donors (Lipinski definition) is 0. The molecule has 0 amide bonds. The van der Waals surface area contributed by atoms with Crippen LogP contribution >= 0.6 is 0 Å². The summed E-state index contributed by atoms with van der Waals surface area (Å²) < 4.78 is 9.74. The third-order valence-electron chi connectivity index (χ3n) is 2.20. The van der Waals surface area contributed by atoms with Gasteiger partial charge in [-0.05, 0) is 18.9 Å². The van der Waals surface area contributed by atoms with E-state index in [2.05, 4.69) is 6.58 Å². The van der Waals surface area contributed by atoms with Crippen molar-refractivity contribution in [2.24, 2.45) is 0 Å². The van der Waals surface area contributed by atoms with Crippen molar-refractivity contribution in [1.82, 2.24) is 0 Å². The molecule has 1 saturated carbocycles. The fourth-order valence-electron chi connectivity index (χ4n) is 1.39. The first-order valence-corrected chi connectivity index (χ1v) is 3.30. The lowest BCUT2D eigenvalue weighted by molar-refractivity contribution is -0.00686. The number of carbonyl (C=O) groups is 1. The summed E-state index contributed by atoms with van der Waals surface area (Å²) in [4.78, 5) is 10.6. The van der Waals surface area contributed by atoms with E-state index in [0.29, 0.717) is 0 Å². The molecule has 1 saturated heterocycles. The van der Waals surface area contributed by atoms with Gasteiger partial charge in [-0.1, -0.05) is 6.58 Å². The molecule has 0 aromatic heterocycles. The monoisotopic (exact) mass is 140 g/mol. The van der Waals surface area contributed by atoms with Crippen molar-refractivity contribution in [1.29, 1.82) is 0 Å². The number of carbonyl (C=O) groups excluding carboxylic acids is 1. The predicted octanol–water partition coefficient (Wildman–Crippen LogP) is 1.24. The summed E-state index contributed by atoms with van der Waals surface area (Å²) in [5, 5.41) is 0. The molecule has 2 rings (SSSR count). The minimum absolute atomic E-state index is 0.0579. The quantitative estimate of drug-likeness (QED) is 0.406. The zero-order chi connectivity index (χ0) is 7.19. The molecule has 2 aliphatic rings. The van der Waals surface area contributed by atoms with Crippen LogP contribution < -0.4 is 0 Å². The molecule has 0 spiro atoms. The zero-order valence-electron chi connectivity index (χ0n) is 5.50. The summed E-state index contributed by atoms with van der Waals surface area (Å²) in [7, 11) is 0. The van der Waals surface area contributed by atoms with Gasteiger partial charge in [0.25, 0.3) is 0 Å². The largest absolute Gasteiger partial charge is 0.509 e. The molecular weight excluding hydrogens is 132 g/mol. The highest BCUT2D eigenvalue weighted by molar-refractivity contribution is 5.65. The Balaban J connectivity index is 2.24. The Morgan fingerprint density at radius 2 is 2.60 bits per heavy atom. The van der Waals surface area contributed by atoms with Gasteiger partial charge in [0.15, 0.2) is 5.60 Å². The SMILES string of the molecule is C=CC12CCC1OC(=O)O2. The van der Waals surface area contributed by atoms with E-state index < -0.39 is 11.8 Å². The van der Waals surface area contributed by atoms with Crippen molar-refractivity contribution in [3.63, 3.8) is 0 Å². The minimum atomic E-state index is -0.553. The van der Waals surface area contributed by atoms with Gasteiger partial charge in [0, 0.05) is 0 Å². The lowest BCUT2D eigenvalue weighted by Gasteiger charge is -2.36. The van der Waals surface area contributed by atoms with E-state index in [9.17, 15) is 4.79 Å². The first-order valence-electron chi connectivity index (χ1n) is 3.30. The van der Waals surface area contributed by atoms with E-state index in [1.807, 2.05) is 0 Å². The second-order valence-corrected chi connectivity index (χ2v) is 2.66. The van der Waals surface area contributed by atoms with Crippen molar-refractivity contribution in [3.8, 4) is 0 Å². The van der Waals surface area contributed by atoms with E-state index in [0.717, 1.165) is 12.8 Å². The summed E-state index contributed by atoms with van der Waals surface area (Å²) in [6.45, 7) is 3.59. The Kier molecular flexibility index (Phi) is 0.886. The standard InChI is InChI=1S/C7H8O3/c1-2-7-4-3-5(7)9-6(8)10-7/h2,5H,1,3-4H2. The highest BCUT2D eigenvalue weighted by Crippen LogP contribution is 2.44. The van der Waals surface area contributed by atoms with Crippen molar-refractivity contribution in [2.45, 2.75) is 24.5 Å². The molecule has 1 aliphatic carbocycles. The maximum atomic E-state index is 10.6. The van der Waals surface area contributed by atoms with Gasteiger partial charge < -0.3 is 9.47 Å². The van der Waals surface area contributed by atoms with Gasteiger partial charge in [0.2, 0.25) is 0 Å². The first kappa shape index (κ1) is 5.77. The summed E-state index contributed by atoms with van der Waals surface area (Å²) in [5.41, 5.74) is -0.461. The molecule has 0 N–H and O–H groups in total. The molecule has 0 radical (unpaired) electrons. The maximum absolute atomic E-state index is 10.6. The van der Waals surface area contributed by atoms with Crippen LogP contribution in [0.3, 0.4) is 0 Å². The average molecular weight is 140 g/mol. The topological polar surface area (TPSA) is 35.5 Å². The Labute approximate surface area is 58.6 Å². The molecule has 3 nitrogen and oxygen atoms in total. The molecule has 2 unspecified atom stereocenters. The lowest BCUT2D eigenvalue weighted by Crippen LogP contribution is -2.47. The van der Waals surface area contributed by atoms with Crippen LogP contribution in [-0.4, -0.2) is 17.9 Å². The Morgan fingerprint density at radius 1 is 1.80 bits per heavy atom. The molecule has 54 valence electrons. The van der Waals surface area contributed by atoms with Crippen molar-refractivity contribution < 1.29 is 14.3 Å². The smallest absolute Gasteiger partial charge is 0.426 e. The highest BCUT2D eigenvalue weighted by atomic mass is 16.8. The van der Waals surface area contributed by atoms with Crippen LogP contribution in [0, 0.1) is 0 Å². The Bertz CT molecular complexity index is 199. The van der Waals surface area contributed by atoms with Crippen molar-refractivity contribution in [2.75, 3.05) is 0 Å². The number of hydrogen-bond acceptors (Lipinski definition) is 3. The average Bonchev–Trinajstić information content (AvgIpc) is 2.11. The molecular formula is C7H8O3. The van der Waals surface area contributed by atoms with Crippen LogP contribution in [0.15, 0.2) is 12.7 Å². The summed E-state index contributed by atoms with van der Waals surface area (Å²) in [5.74, 6) is 0. The van der Waals surface area contributed by atoms with Gasteiger partial charge in [-0.2, -0.15) is 0 Å². The van der Waals surface area contributed by atoms with E-state index in [1.54, 1.807) is 6.08 Å². The normalized spacial score (nSPS) is 42.8. The number of ether oxygens (including phenoxy) is 2. The molecule has 0 aromatic carbocycles. The highest BCUT2D eigenvalue weighted by Gasteiger charge is 2.56. The van der Waals surface area contributed by atoms with Gasteiger partial charge in [0.05, 0.1) is 0 Å². The molecule has 1 aliphatic heterocycles. The summed E-state index contributed by atoms with van der Waals surface area (Å²) in [6.07, 6.45) is 2.80. The fourth-order valence-corrected chi connectivity index (χ4v) is 1.39. The van der Waals surface area contributed by atoms with Crippen LogP contribution in [0.5, 0.6) is 0 Å². The molecule has 0 aromatic rings. The Morgan fingerprint density at radius 3 is 2.90 bits per heavy atom. The molecule has 2 atom stereocenters. The third-order valence-corrected chi connectivity index (χ3v) is 2.20. The number of rotatable bonds is 1. The summed E-state index contributed by atoms with van der Waals surface area (Å²) in [6, 6.07) is 0. The maximum Gasteiger partial charge on any atom is 0.509 e. The minimum Gasteiger partial charge on any atom is -0.426 e. The van der Waals surface area contributed by atoms with Crippen LogP contribution in [-0.2, 0) is 9.47 Å². The third kappa shape index (κ3) is 0.478. The van der Waals surface area contributed by atoms with Gasteiger partial charge >= 0.3 is 6.16 Å². The molecule has 1 heterocycles. The van der Waals surface area contributed by atoms with Gasteiger partial charge in [-0.3, -0.25) is 0 Å². The van der Waals surface area contributed by atoms with Gasteiger partial charge in [-0.15, -0.1) is 0 Å². The number of fused-ring (bicyclic) bond motifs is 1. The zero-order valence-corrected chi connectivity index (χ0v) is 5.50. The molecule has 3 heteroatoms. The first-order chi connectivity index (χ1) is 4.77. The van der Waals surface area contributed by atoms with Crippen LogP contribution in [0.2, 0.25) is 0 Å². The van der Waals surface area contributed by atoms with E-state index in [-0.39, 0.29) is 6.10 Å². The molecule has 10 heavy (non-hydrogen) atoms. The van der Waals surface area contributed by atoms with Gasteiger partial charge in [0.1, 0.15) is 6.10 Å².